The second kappa shape index (κ2) is 7.41. The van der Waals surface area contributed by atoms with Crippen molar-refractivity contribution in [3.8, 4) is 0 Å². The van der Waals surface area contributed by atoms with E-state index in [-0.39, 0.29) is 11.6 Å². The molecule has 7 heteroatoms. The van der Waals surface area contributed by atoms with Gasteiger partial charge in [-0.2, -0.15) is 0 Å². The van der Waals surface area contributed by atoms with Gasteiger partial charge in [0.1, 0.15) is 17.0 Å². The monoisotopic (exact) mass is 378 g/mol. The summed E-state index contributed by atoms with van der Waals surface area (Å²) in [5.41, 5.74) is -0.357. The van der Waals surface area contributed by atoms with Crippen LogP contribution in [0.25, 0.3) is 0 Å². The number of anilines is 1. The normalized spacial score (nSPS) is 14.6. The Morgan fingerprint density at radius 3 is 2.50 bits per heavy atom. The van der Waals surface area contributed by atoms with E-state index in [4.69, 9.17) is 11.6 Å². The minimum absolute atomic E-state index is 0.144. The van der Waals surface area contributed by atoms with Crippen LogP contribution in [-0.4, -0.2) is 18.4 Å². The zero-order valence-corrected chi connectivity index (χ0v) is 14.6. The lowest BCUT2D eigenvalue weighted by Crippen LogP contribution is -2.40. The smallest absolute Gasteiger partial charge is 0.240 e. The van der Waals surface area contributed by atoms with Crippen molar-refractivity contribution in [2.24, 2.45) is 5.41 Å². The third-order valence-electron chi connectivity index (χ3n) is 4.39. The van der Waals surface area contributed by atoms with Crippen molar-refractivity contribution >= 4 is 29.1 Å². The number of rotatable bonds is 6. The van der Waals surface area contributed by atoms with Crippen LogP contribution in [0.1, 0.15) is 18.4 Å². The summed E-state index contributed by atoms with van der Waals surface area (Å²) in [5, 5.41) is 5.74. The van der Waals surface area contributed by atoms with Gasteiger partial charge in [0.25, 0.3) is 0 Å². The van der Waals surface area contributed by atoms with E-state index >= 15 is 0 Å². The molecule has 0 atom stereocenters. The molecule has 0 radical (unpaired) electrons. The number of amides is 2. The molecule has 1 aliphatic carbocycles. The van der Waals surface area contributed by atoms with Gasteiger partial charge in [-0.25, -0.2) is 8.78 Å². The molecule has 2 aromatic rings. The van der Waals surface area contributed by atoms with E-state index in [2.05, 4.69) is 10.6 Å². The molecule has 2 N–H and O–H groups in total. The standard InChI is InChI=1S/C19H17ClF2N2O2/c20-13-3-1-2-12(10-13)6-9-23-17(25)19(7-8-19)18(26)24-16-5-4-14(21)11-15(16)22/h1-5,10-11H,6-9H2,(H,23,25)(H,24,26). The van der Waals surface area contributed by atoms with Crippen LogP contribution in [0.2, 0.25) is 5.02 Å². The molecule has 0 spiro atoms. The highest BCUT2D eigenvalue weighted by molar-refractivity contribution is 6.30. The molecule has 136 valence electrons. The number of nitrogens with one attached hydrogen (secondary N) is 2. The second-order valence-electron chi connectivity index (χ2n) is 6.30. The van der Waals surface area contributed by atoms with Gasteiger partial charge in [-0.05, 0) is 49.1 Å². The summed E-state index contributed by atoms with van der Waals surface area (Å²) in [6.45, 7) is 0.360. The lowest BCUT2D eigenvalue weighted by atomic mass is 10.0. The Morgan fingerprint density at radius 2 is 1.85 bits per heavy atom. The SMILES string of the molecule is O=C(NCCc1cccc(Cl)c1)C1(C(=O)Nc2ccc(F)cc2F)CC1. The first-order valence-electron chi connectivity index (χ1n) is 8.20. The summed E-state index contributed by atoms with van der Waals surface area (Å²) < 4.78 is 26.6. The maximum Gasteiger partial charge on any atom is 0.240 e. The fourth-order valence-electron chi connectivity index (χ4n) is 2.70. The van der Waals surface area contributed by atoms with Gasteiger partial charge in [-0.15, -0.1) is 0 Å². The van der Waals surface area contributed by atoms with Crippen molar-refractivity contribution < 1.29 is 18.4 Å². The zero-order chi connectivity index (χ0) is 18.7. The van der Waals surface area contributed by atoms with Crippen LogP contribution in [0, 0.1) is 17.0 Å². The van der Waals surface area contributed by atoms with Gasteiger partial charge in [0, 0.05) is 17.6 Å². The first-order valence-corrected chi connectivity index (χ1v) is 8.58. The average Bonchev–Trinajstić information content (AvgIpc) is 3.39. The third-order valence-corrected chi connectivity index (χ3v) is 4.62. The van der Waals surface area contributed by atoms with E-state index in [1.54, 1.807) is 6.07 Å². The van der Waals surface area contributed by atoms with Gasteiger partial charge >= 0.3 is 0 Å². The number of carbonyl (C=O) groups is 2. The average molecular weight is 379 g/mol. The Kier molecular flexibility index (Phi) is 5.23. The molecule has 3 rings (SSSR count). The van der Waals surface area contributed by atoms with Crippen LogP contribution in [0.4, 0.5) is 14.5 Å². The molecule has 0 heterocycles. The Labute approximate surface area is 154 Å². The topological polar surface area (TPSA) is 58.2 Å². The van der Waals surface area contributed by atoms with Crippen LogP contribution in [0.3, 0.4) is 0 Å². The minimum Gasteiger partial charge on any atom is -0.355 e. The molecular formula is C19H17ClF2N2O2. The van der Waals surface area contributed by atoms with Gasteiger partial charge < -0.3 is 10.6 Å². The molecule has 2 amide bonds. The molecule has 4 nitrogen and oxygen atoms in total. The van der Waals surface area contributed by atoms with Crippen molar-refractivity contribution in [2.45, 2.75) is 19.3 Å². The highest BCUT2D eigenvalue weighted by Crippen LogP contribution is 2.47. The van der Waals surface area contributed by atoms with Crippen LogP contribution in [0.15, 0.2) is 42.5 Å². The first-order chi connectivity index (χ1) is 12.4. The Morgan fingerprint density at radius 1 is 1.08 bits per heavy atom. The molecule has 2 aromatic carbocycles. The maximum atomic E-state index is 13.7. The van der Waals surface area contributed by atoms with Crippen LogP contribution in [-0.2, 0) is 16.0 Å². The second-order valence-corrected chi connectivity index (χ2v) is 6.73. The summed E-state index contributed by atoms with van der Waals surface area (Å²) in [4.78, 5) is 24.8. The van der Waals surface area contributed by atoms with E-state index in [9.17, 15) is 18.4 Å². The Balaban J connectivity index is 1.57. The minimum atomic E-state index is -1.19. The number of halogens is 3. The fraction of sp³-hybridized carbons (Fsp3) is 0.263. The van der Waals surface area contributed by atoms with Gasteiger partial charge in [-0.3, -0.25) is 9.59 Å². The highest BCUT2D eigenvalue weighted by atomic mass is 35.5. The van der Waals surface area contributed by atoms with Gasteiger partial charge in [0.15, 0.2) is 0 Å². The Bertz CT molecular complexity index is 853. The first kappa shape index (κ1) is 18.3. The van der Waals surface area contributed by atoms with Gasteiger partial charge in [0.2, 0.25) is 11.8 Å². The van der Waals surface area contributed by atoms with Crippen molar-refractivity contribution in [3.05, 3.63) is 64.7 Å². The van der Waals surface area contributed by atoms with E-state index in [0.29, 0.717) is 36.9 Å². The van der Waals surface area contributed by atoms with Crippen LogP contribution < -0.4 is 10.6 Å². The molecule has 0 unspecified atom stereocenters. The lowest BCUT2D eigenvalue weighted by Gasteiger charge is -2.16. The largest absolute Gasteiger partial charge is 0.355 e. The number of benzene rings is 2. The summed E-state index contributed by atoms with van der Waals surface area (Å²) in [5.74, 6) is -2.58. The summed E-state index contributed by atoms with van der Waals surface area (Å²) >= 11 is 5.92. The maximum absolute atomic E-state index is 13.7. The van der Waals surface area contributed by atoms with E-state index in [1.807, 2.05) is 18.2 Å². The Hall–Kier alpha value is -2.47. The van der Waals surface area contributed by atoms with Crippen molar-refractivity contribution in [1.82, 2.24) is 5.32 Å². The van der Waals surface area contributed by atoms with E-state index in [0.717, 1.165) is 17.7 Å². The van der Waals surface area contributed by atoms with Crippen LogP contribution in [0.5, 0.6) is 0 Å². The number of hydrogen-bond acceptors (Lipinski definition) is 2. The van der Waals surface area contributed by atoms with Crippen molar-refractivity contribution in [2.75, 3.05) is 11.9 Å². The number of hydrogen-bond donors (Lipinski definition) is 2. The molecule has 26 heavy (non-hydrogen) atoms. The number of carbonyl (C=O) groups excluding carboxylic acids is 2. The molecule has 0 aliphatic heterocycles. The van der Waals surface area contributed by atoms with Crippen molar-refractivity contribution in [1.29, 1.82) is 0 Å². The molecule has 1 aliphatic rings. The fourth-order valence-corrected chi connectivity index (χ4v) is 2.91. The molecule has 0 bridgehead atoms. The summed E-state index contributed by atoms with van der Waals surface area (Å²) in [7, 11) is 0. The van der Waals surface area contributed by atoms with Gasteiger partial charge in [-0.1, -0.05) is 23.7 Å². The zero-order valence-electron chi connectivity index (χ0n) is 13.8. The summed E-state index contributed by atoms with van der Waals surface area (Å²) in [6, 6.07) is 10.2. The molecule has 1 saturated carbocycles. The molecule has 0 saturated heterocycles. The predicted molar refractivity (Wildman–Crippen MR) is 94.8 cm³/mol. The van der Waals surface area contributed by atoms with Crippen molar-refractivity contribution in [3.63, 3.8) is 0 Å². The van der Waals surface area contributed by atoms with E-state index < -0.39 is 23.0 Å². The quantitative estimate of drug-likeness (QED) is 0.753. The van der Waals surface area contributed by atoms with Crippen LogP contribution >= 0.6 is 11.6 Å². The highest BCUT2D eigenvalue weighted by Gasteiger charge is 2.56. The molecular weight excluding hydrogens is 362 g/mol. The van der Waals surface area contributed by atoms with Gasteiger partial charge in [0.05, 0.1) is 5.69 Å². The molecule has 1 fully saturated rings. The third kappa shape index (κ3) is 4.02. The lowest BCUT2D eigenvalue weighted by molar-refractivity contribution is -0.134. The summed E-state index contributed by atoms with van der Waals surface area (Å²) in [6.07, 6.45) is 1.37. The molecule has 0 aromatic heterocycles. The van der Waals surface area contributed by atoms with E-state index in [1.165, 1.54) is 0 Å². The predicted octanol–water partition coefficient (Wildman–Crippen LogP) is 3.70.